The molecule has 0 aromatic rings. The van der Waals surface area contributed by atoms with Crippen molar-refractivity contribution < 1.29 is 0 Å². The lowest BCUT2D eigenvalue weighted by molar-refractivity contribution is 0.369. The van der Waals surface area contributed by atoms with Crippen LogP contribution < -0.4 is 0 Å². The van der Waals surface area contributed by atoms with E-state index in [2.05, 4.69) is 24.8 Å². The van der Waals surface area contributed by atoms with Crippen LogP contribution in [-0.2, 0) is 0 Å². The Morgan fingerprint density at radius 3 is 2.50 bits per heavy atom. The highest BCUT2D eigenvalue weighted by molar-refractivity contribution is 8.61. The van der Waals surface area contributed by atoms with Gasteiger partial charge >= 0.3 is 0 Å². The number of rotatable bonds is 2. The minimum absolute atomic E-state index is 0.274. The number of hydrogen-bond acceptors (Lipinski definition) is 0. The molecule has 6 unspecified atom stereocenters. The van der Waals surface area contributed by atoms with Crippen LogP contribution in [-0.4, -0.2) is 5.66 Å². The van der Waals surface area contributed by atoms with Crippen molar-refractivity contribution in [3.8, 4) is 0 Å². The third-order valence-corrected chi connectivity index (χ3v) is 15.1. The third-order valence-electron chi connectivity index (χ3n) is 3.75. The van der Waals surface area contributed by atoms with Crippen molar-refractivity contribution in [2.45, 2.75) is 31.8 Å². The Hall–Kier alpha value is 1.72. The Kier molecular flexibility index (Phi) is 3.47. The fraction of sp³-hybridized carbons (Fsp3) is 1.00. The minimum Gasteiger partial charge on any atom is -0.110 e. The highest BCUT2D eigenvalue weighted by atomic mass is 32.6. The minimum atomic E-state index is 0.274. The molecule has 0 nitrogen and oxygen atoms in total. The average Bonchev–Trinajstić information content (AvgIpc) is 2.63. The Morgan fingerprint density at radius 2 is 2.00 bits per heavy atom. The third kappa shape index (κ3) is 1.63. The predicted octanol–water partition coefficient (Wildman–Crippen LogP) is 4.08. The van der Waals surface area contributed by atoms with Crippen molar-refractivity contribution in [1.29, 1.82) is 0 Å². The van der Waals surface area contributed by atoms with Gasteiger partial charge in [0, 0.05) is 0 Å². The van der Waals surface area contributed by atoms with Gasteiger partial charge in [0.2, 0.25) is 0 Å². The van der Waals surface area contributed by atoms with E-state index >= 15 is 0 Å². The van der Waals surface area contributed by atoms with Gasteiger partial charge in [0.15, 0.2) is 0 Å². The molecule has 8 atom stereocenters. The van der Waals surface area contributed by atoms with Crippen molar-refractivity contribution in [3.05, 3.63) is 0 Å². The van der Waals surface area contributed by atoms with Gasteiger partial charge < -0.3 is 0 Å². The second kappa shape index (κ2) is 4.07. The van der Waals surface area contributed by atoms with Gasteiger partial charge in [-0.25, -0.2) is 0 Å². The summed E-state index contributed by atoms with van der Waals surface area (Å²) in [7, 11) is 7.46. The Morgan fingerprint density at radius 1 is 1.33 bits per heavy atom. The van der Waals surface area contributed by atoms with E-state index in [1.165, 1.54) is 6.42 Å². The van der Waals surface area contributed by atoms with Gasteiger partial charge in [-0.1, -0.05) is 22.2 Å². The Labute approximate surface area is 83.0 Å². The van der Waals surface area contributed by atoms with E-state index in [-0.39, 0.29) is 7.30 Å². The molecule has 0 spiro atoms. The van der Waals surface area contributed by atoms with E-state index < -0.39 is 0 Å². The maximum Gasteiger partial charge on any atom is -0.00792 e. The van der Waals surface area contributed by atoms with Crippen molar-refractivity contribution in [2.75, 3.05) is 0 Å². The van der Waals surface area contributed by atoms with E-state index in [4.69, 9.17) is 0 Å². The normalized spacial score (nSPS) is 49.2. The van der Waals surface area contributed by atoms with Crippen LogP contribution in [0.4, 0.5) is 0 Å². The van der Waals surface area contributed by atoms with E-state index in [0.717, 1.165) is 31.4 Å². The molecule has 2 saturated carbocycles. The molecule has 0 aromatic heterocycles. The topological polar surface area (TPSA) is 0 Å². The summed E-state index contributed by atoms with van der Waals surface area (Å²) in [5, 5.41) is 0. The summed E-state index contributed by atoms with van der Waals surface area (Å²) in [5.41, 5.74) is 1.10. The van der Waals surface area contributed by atoms with Gasteiger partial charge in [-0.05, 0) is 42.7 Å². The lowest BCUT2D eigenvalue weighted by atomic mass is 9.90. The highest BCUT2D eigenvalue weighted by Gasteiger charge is 2.46. The first-order chi connectivity index (χ1) is 5.74. The summed E-state index contributed by atoms with van der Waals surface area (Å²) in [6.45, 7) is 2.50. The highest BCUT2D eigenvalue weighted by Crippen LogP contribution is 2.75. The molecule has 0 radical (unpaired) electrons. The van der Waals surface area contributed by atoms with E-state index in [9.17, 15) is 0 Å². The molecule has 2 bridgehead atoms. The van der Waals surface area contributed by atoms with Gasteiger partial charge in [-0.15, -0.1) is 17.9 Å². The summed E-state index contributed by atoms with van der Waals surface area (Å²) < 4.78 is 0. The fourth-order valence-electron chi connectivity index (χ4n) is 3.12. The Bertz CT molecular complexity index is 170. The van der Waals surface area contributed by atoms with Crippen LogP contribution in [0.25, 0.3) is 0 Å². The second-order valence-corrected chi connectivity index (χ2v) is 13.8. The van der Waals surface area contributed by atoms with E-state index in [1.807, 2.05) is 0 Å². The largest absolute Gasteiger partial charge is 0.110 e. The molecule has 2 rings (SSSR count). The first kappa shape index (κ1) is 10.2. The molecular weight excluding hydrogens is 220 g/mol. The van der Waals surface area contributed by atoms with Gasteiger partial charge in [-0.3, -0.25) is 0 Å². The van der Waals surface area contributed by atoms with Gasteiger partial charge in [0.25, 0.3) is 0 Å². The van der Waals surface area contributed by atoms with Gasteiger partial charge in [0.05, 0.1) is 0 Å². The fourth-order valence-corrected chi connectivity index (χ4v) is 9.71. The maximum atomic E-state index is 3.13. The lowest BCUT2D eigenvalue weighted by Gasteiger charge is -2.32. The first-order valence-corrected chi connectivity index (χ1v) is 11.4. The smallest absolute Gasteiger partial charge is 0.00792 e. The molecule has 70 valence electrons. The van der Waals surface area contributed by atoms with Crippen molar-refractivity contribution >= 4 is 33.1 Å². The van der Waals surface area contributed by atoms with E-state index in [0.29, 0.717) is 0 Å². The standard InChI is InChI=1S/C8H18P4/c1-5-6-2-3-7(4-6)8(5)12(10)11-9/h5-8,11H,2-4,9-10H2,1H3/t5-,6?,7?,8-,12?/m1/s1. The summed E-state index contributed by atoms with van der Waals surface area (Å²) in [5.74, 6) is 3.26. The maximum absolute atomic E-state index is 3.13. The second-order valence-electron chi connectivity index (χ2n) is 4.22. The quantitative estimate of drug-likeness (QED) is 0.636. The monoisotopic (exact) mass is 238 g/mol. The molecule has 0 saturated heterocycles. The molecule has 2 fully saturated rings. The lowest BCUT2D eigenvalue weighted by Crippen LogP contribution is -2.21. The van der Waals surface area contributed by atoms with Crippen LogP contribution >= 0.6 is 33.1 Å². The van der Waals surface area contributed by atoms with Crippen molar-refractivity contribution in [1.82, 2.24) is 0 Å². The van der Waals surface area contributed by atoms with Gasteiger partial charge in [0.1, 0.15) is 0 Å². The van der Waals surface area contributed by atoms with Gasteiger partial charge in [-0.2, -0.15) is 0 Å². The van der Waals surface area contributed by atoms with Crippen molar-refractivity contribution in [2.24, 2.45) is 17.8 Å². The molecule has 0 amide bonds. The molecule has 4 heteroatoms. The van der Waals surface area contributed by atoms with Crippen LogP contribution in [0.3, 0.4) is 0 Å². The molecule has 0 aliphatic heterocycles. The zero-order chi connectivity index (χ0) is 8.72. The molecule has 0 N–H and O–H groups in total. The number of hydrogen-bond donors (Lipinski definition) is 0. The molecule has 2 aliphatic carbocycles. The zero-order valence-electron chi connectivity index (χ0n) is 7.53. The van der Waals surface area contributed by atoms with Crippen LogP contribution in [0.15, 0.2) is 0 Å². The first-order valence-electron chi connectivity index (χ1n) is 4.74. The molecule has 12 heavy (non-hydrogen) atoms. The number of fused-ring (bicyclic) bond motifs is 2. The van der Waals surface area contributed by atoms with Crippen LogP contribution in [0.1, 0.15) is 26.2 Å². The van der Waals surface area contributed by atoms with Crippen LogP contribution in [0.2, 0.25) is 0 Å². The molecular formula is C8H18P4. The predicted molar refractivity (Wildman–Crippen MR) is 68.4 cm³/mol. The Balaban J connectivity index is 2.06. The summed E-state index contributed by atoms with van der Waals surface area (Å²) in [6.07, 6.45) is 4.65. The zero-order valence-corrected chi connectivity index (χ0v) is 11.7. The summed E-state index contributed by atoms with van der Waals surface area (Å²) >= 11 is 0. The van der Waals surface area contributed by atoms with Crippen LogP contribution in [0, 0.1) is 17.8 Å². The van der Waals surface area contributed by atoms with Crippen molar-refractivity contribution in [3.63, 3.8) is 0 Å². The summed E-state index contributed by atoms with van der Waals surface area (Å²) in [4.78, 5) is 0. The molecule has 0 heterocycles. The molecule has 0 aromatic carbocycles. The van der Waals surface area contributed by atoms with Crippen LogP contribution in [0.5, 0.6) is 0 Å². The summed E-state index contributed by atoms with van der Waals surface area (Å²) in [6, 6.07) is 0. The SMILES string of the molecule is C[C@@H]1C2CCC(C2)[C@@H]1P(P)PP. The molecule has 2 aliphatic rings. The van der Waals surface area contributed by atoms with E-state index in [1.54, 1.807) is 12.8 Å². The average molecular weight is 238 g/mol.